The van der Waals surface area contributed by atoms with Crippen LogP contribution in [0.5, 0.6) is 0 Å². The maximum Gasteiger partial charge on any atom is 0.238 e. The van der Waals surface area contributed by atoms with Gasteiger partial charge in [-0.25, -0.2) is 13.6 Å². The smallest absolute Gasteiger partial charge is 0.238 e. The number of benzene rings is 2. The number of nitrogen functional groups attached to an aromatic ring is 1. The lowest BCUT2D eigenvalue weighted by Crippen LogP contribution is -2.15. The molecule has 112 valence electrons. The average Bonchev–Trinajstić information content (AvgIpc) is 2.35. The van der Waals surface area contributed by atoms with Crippen LogP contribution in [0.2, 0.25) is 5.02 Å². The van der Waals surface area contributed by atoms with Crippen LogP contribution >= 0.6 is 34.2 Å². The van der Waals surface area contributed by atoms with Crippen LogP contribution in [-0.2, 0) is 10.0 Å². The average molecular weight is 438 g/mol. The van der Waals surface area contributed by atoms with Crippen molar-refractivity contribution in [2.75, 3.05) is 11.1 Å². The maximum absolute atomic E-state index is 11.6. The van der Waals surface area contributed by atoms with Crippen LogP contribution in [-0.4, -0.2) is 8.42 Å². The van der Waals surface area contributed by atoms with Crippen LogP contribution in [0.15, 0.2) is 35.2 Å². The molecule has 0 aliphatic carbocycles. The number of hydrogen-bond donors (Lipinski definition) is 3. The van der Waals surface area contributed by atoms with Crippen molar-refractivity contribution in [1.29, 1.82) is 0 Å². The van der Waals surface area contributed by atoms with Crippen molar-refractivity contribution in [3.8, 4) is 0 Å². The van der Waals surface area contributed by atoms with E-state index >= 15 is 0 Å². The number of nitrogens with two attached hydrogens (primary N) is 2. The van der Waals surface area contributed by atoms with Gasteiger partial charge in [-0.05, 0) is 65.4 Å². The van der Waals surface area contributed by atoms with Gasteiger partial charge in [-0.2, -0.15) is 0 Å². The topological polar surface area (TPSA) is 98.2 Å². The zero-order valence-corrected chi connectivity index (χ0v) is 14.8. The van der Waals surface area contributed by atoms with Crippen molar-refractivity contribution >= 4 is 61.3 Å². The minimum atomic E-state index is -3.83. The fraction of sp³-hybridized carbons (Fsp3) is 0.0769. The summed E-state index contributed by atoms with van der Waals surface area (Å²) in [5, 5.41) is 8.99. The van der Waals surface area contributed by atoms with E-state index in [9.17, 15) is 8.42 Å². The molecule has 8 heteroatoms. The first kappa shape index (κ1) is 16.3. The second kappa shape index (κ2) is 5.99. The molecule has 21 heavy (non-hydrogen) atoms. The first-order valence-corrected chi connectivity index (χ1v) is 8.84. The quantitative estimate of drug-likeness (QED) is 0.507. The lowest BCUT2D eigenvalue weighted by atomic mass is 10.1. The number of rotatable bonds is 3. The van der Waals surface area contributed by atoms with Gasteiger partial charge in [0.25, 0.3) is 0 Å². The van der Waals surface area contributed by atoms with Gasteiger partial charge in [-0.3, -0.25) is 0 Å². The molecule has 0 aliphatic heterocycles. The predicted octanol–water partition coefficient (Wildman–Crippen LogP) is 3.23. The fourth-order valence-electron chi connectivity index (χ4n) is 1.87. The Labute approximate surface area is 141 Å². The summed E-state index contributed by atoms with van der Waals surface area (Å²) in [6.07, 6.45) is 0. The van der Waals surface area contributed by atoms with E-state index in [2.05, 4.69) is 27.9 Å². The molecule has 0 unspecified atom stereocenters. The highest BCUT2D eigenvalue weighted by atomic mass is 127. The number of anilines is 3. The highest BCUT2D eigenvalue weighted by Crippen LogP contribution is 2.31. The highest BCUT2D eigenvalue weighted by Gasteiger charge is 2.16. The summed E-state index contributed by atoms with van der Waals surface area (Å²) < 4.78 is 24.1. The summed E-state index contributed by atoms with van der Waals surface area (Å²) in [5.41, 5.74) is 7.97. The molecule has 2 rings (SSSR count). The Hall–Kier alpha value is -1.03. The number of nitrogens with one attached hydrogen (secondary N) is 1. The summed E-state index contributed by atoms with van der Waals surface area (Å²) in [4.78, 5) is 0.00831. The summed E-state index contributed by atoms with van der Waals surface area (Å²) in [6, 6.07) is 8.36. The van der Waals surface area contributed by atoms with Crippen molar-refractivity contribution in [3.05, 3.63) is 44.5 Å². The van der Waals surface area contributed by atoms with E-state index in [0.29, 0.717) is 22.0 Å². The molecule has 0 fully saturated rings. The predicted molar refractivity (Wildman–Crippen MR) is 94.4 cm³/mol. The summed E-state index contributed by atoms with van der Waals surface area (Å²) in [5.74, 6) is 0. The fourth-order valence-corrected chi connectivity index (χ4v) is 3.71. The van der Waals surface area contributed by atoms with Crippen LogP contribution in [0.4, 0.5) is 17.1 Å². The molecular weight excluding hydrogens is 425 g/mol. The molecule has 0 heterocycles. The molecular formula is C13H13ClIN3O2S. The zero-order chi connectivity index (χ0) is 15.8. The van der Waals surface area contributed by atoms with Crippen LogP contribution in [0.1, 0.15) is 5.56 Å². The first-order chi connectivity index (χ1) is 9.68. The molecule has 5 N–H and O–H groups in total. The van der Waals surface area contributed by atoms with E-state index in [1.165, 1.54) is 6.07 Å². The molecule has 0 saturated carbocycles. The third kappa shape index (κ3) is 3.79. The molecule has 2 aromatic carbocycles. The van der Waals surface area contributed by atoms with Crippen molar-refractivity contribution in [1.82, 2.24) is 0 Å². The molecule has 2 aromatic rings. The van der Waals surface area contributed by atoms with Gasteiger partial charge in [0.2, 0.25) is 10.0 Å². The zero-order valence-electron chi connectivity index (χ0n) is 11.0. The van der Waals surface area contributed by atoms with Gasteiger partial charge in [0.15, 0.2) is 0 Å². The largest absolute Gasteiger partial charge is 0.399 e. The second-order valence-corrected chi connectivity index (χ2v) is 7.61. The van der Waals surface area contributed by atoms with Gasteiger partial charge in [0.05, 0.1) is 10.6 Å². The van der Waals surface area contributed by atoms with Crippen molar-refractivity contribution in [2.45, 2.75) is 11.8 Å². The number of primary sulfonamides is 1. The van der Waals surface area contributed by atoms with Crippen molar-refractivity contribution < 1.29 is 8.42 Å². The normalized spacial score (nSPS) is 11.4. The Morgan fingerprint density at radius 2 is 1.86 bits per heavy atom. The Bertz CT molecular complexity index is 809. The molecule has 0 radical (unpaired) electrons. The van der Waals surface area contributed by atoms with Gasteiger partial charge in [-0.1, -0.05) is 11.6 Å². The number of sulfonamides is 1. The van der Waals surface area contributed by atoms with Crippen molar-refractivity contribution in [2.24, 2.45) is 5.14 Å². The Kier molecular flexibility index (Phi) is 4.66. The molecule has 5 nitrogen and oxygen atoms in total. The lowest BCUT2D eigenvalue weighted by Gasteiger charge is -2.15. The lowest BCUT2D eigenvalue weighted by molar-refractivity contribution is 0.597. The van der Waals surface area contributed by atoms with E-state index in [4.69, 9.17) is 22.5 Å². The van der Waals surface area contributed by atoms with Gasteiger partial charge < -0.3 is 11.1 Å². The van der Waals surface area contributed by atoms with Gasteiger partial charge in [0.1, 0.15) is 0 Å². The van der Waals surface area contributed by atoms with E-state index in [1.54, 1.807) is 25.1 Å². The standard InChI is InChI=1S/C13H13ClIN3O2S/c1-7-12(5-9(16)6-13(7)21(17,19)20)18-11-3-2-8(14)4-10(11)15/h2-6,18H,16H2,1H3,(H2,17,19,20). The molecule has 0 saturated heterocycles. The van der Waals surface area contributed by atoms with Gasteiger partial charge >= 0.3 is 0 Å². The highest BCUT2D eigenvalue weighted by molar-refractivity contribution is 14.1. The molecule has 0 amide bonds. The van der Waals surface area contributed by atoms with Crippen molar-refractivity contribution in [3.63, 3.8) is 0 Å². The second-order valence-electron chi connectivity index (χ2n) is 4.49. The Morgan fingerprint density at radius 1 is 1.19 bits per heavy atom. The minimum absolute atomic E-state index is 0.00831. The Balaban J connectivity index is 2.52. The molecule has 0 aliphatic rings. The SMILES string of the molecule is Cc1c(Nc2ccc(Cl)cc2I)cc(N)cc1S(N)(=O)=O. The first-order valence-electron chi connectivity index (χ1n) is 5.83. The number of halogens is 2. The Morgan fingerprint density at radius 3 is 2.43 bits per heavy atom. The van der Waals surface area contributed by atoms with E-state index in [1.807, 2.05) is 6.07 Å². The summed E-state index contributed by atoms with van der Waals surface area (Å²) in [7, 11) is -3.83. The molecule has 0 atom stereocenters. The van der Waals surface area contributed by atoms with Crippen LogP contribution < -0.4 is 16.2 Å². The minimum Gasteiger partial charge on any atom is -0.399 e. The van der Waals surface area contributed by atoms with E-state index in [-0.39, 0.29) is 4.90 Å². The molecule has 0 aromatic heterocycles. The van der Waals surface area contributed by atoms with Crippen LogP contribution in [0, 0.1) is 10.5 Å². The third-order valence-electron chi connectivity index (χ3n) is 2.89. The molecule has 0 spiro atoms. The van der Waals surface area contributed by atoms with Gasteiger partial charge in [0, 0.05) is 20.0 Å². The van der Waals surface area contributed by atoms with Crippen LogP contribution in [0.3, 0.4) is 0 Å². The summed E-state index contributed by atoms with van der Waals surface area (Å²) in [6.45, 7) is 1.67. The van der Waals surface area contributed by atoms with E-state index < -0.39 is 10.0 Å². The monoisotopic (exact) mass is 437 g/mol. The number of hydrogen-bond acceptors (Lipinski definition) is 4. The van der Waals surface area contributed by atoms with E-state index in [0.717, 1.165) is 9.26 Å². The van der Waals surface area contributed by atoms with Crippen LogP contribution in [0.25, 0.3) is 0 Å². The third-order valence-corrected chi connectivity index (χ3v) is 5.05. The van der Waals surface area contributed by atoms with Gasteiger partial charge in [-0.15, -0.1) is 0 Å². The molecule has 0 bridgehead atoms. The maximum atomic E-state index is 11.6. The summed E-state index contributed by atoms with van der Waals surface area (Å²) >= 11 is 8.05.